The van der Waals surface area contributed by atoms with E-state index in [-0.39, 0.29) is 0 Å². The smallest absolute Gasteiger partial charge is 0.244 e. The topological polar surface area (TPSA) is 40.6 Å². The van der Waals surface area contributed by atoms with Crippen molar-refractivity contribution >= 4 is 21.6 Å². The lowest BCUT2D eigenvalue weighted by molar-refractivity contribution is 0.191. The van der Waals surface area contributed by atoms with Crippen molar-refractivity contribution in [1.29, 1.82) is 0 Å². The number of likely N-dealkylation sites (tertiary alicyclic amines) is 1. The fraction of sp³-hybridized carbons (Fsp3) is 0.478. The van der Waals surface area contributed by atoms with Crippen LogP contribution in [0.3, 0.4) is 0 Å². The molecule has 2 heterocycles. The molecule has 29 heavy (non-hydrogen) atoms. The van der Waals surface area contributed by atoms with Crippen molar-refractivity contribution < 1.29 is 8.42 Å². The van der Waals surface area contributed by atoms with E-state index in [1.54, 1.807) is 10.4 Å². The van der Waals surface area contributed by atoms with E-state index in [1.807, 2.05) is 44.2 Å². The van der Waals surface area contributed by atoms with Crippen LogP contribution >= 0.6 is 11.6 Å². The first-order chi connectivity index (χ1) is 13.8. The molecule has 1 saturated carbocycles. The molecule has 0 bridgehead atoms. The van der Waals surface area contributed by atoms with Gasteiger partial charge in [0.25, 0.3) is 0 Å². The standard InChI is InChI=1S/C23H27ClN2O2S/c1-23(2)21-5-3-4-6-22(21)29(27,28)26(23)12-11-25-14-17-13-19(20(17)15-25)16-7-9-18(24)10-8-16/h3-10,17,19-20H,11-15H2,1-2H3/t17-,19-,20+/m1/s1. The van der Waals surface area contributed by atoms with Crippen molar-refractivity contribution in [3.63, 3.8) is 0 Å². The summed E-state index contributed by atoms with van der Waals surface area (Å²) in [4.78, 5) is 2.93. The molecule has 0 aromatic heterocycles. The molecule has 0 radical (unpaired) electrons. The molecule has 154 valence electrons. The van der Waals surface area contributed by atoms with Crippen LogP contribution in [0.2, 0.25) is 5.02 Å². The van der Waals surface area contributed by atoms with Crippen LogP contribution < -0.4 is 0 Å². The molecule has 1 saturated heterocycles. The molecule has 4 nitrogen and oxygen atoms in total. The van der Waals surface area contributed by atoms with Gasteiger partial charge < -0.3 is 4.90 Å². The maximum Gasteiger partial charge on any atom is 0.244 e. The minimum Gasteiger partial charge on any atom is -0.301 e. The number of benzene rings is 2. The largest absolute Gasteiger partial charge is 0.301 e. The van der Waals surface area contributed by atoms with E-state index >= 15 is 0 Å². The van der Waals surface area contributed by atoms with Gasteiger partial charge in [-0.25, -0.2) is 8.42 Å². The Morgan fingerprint density at radius 3 is 2.48 bits per heavy atom. The van der Waals surface area contributed by atoms with Crippen molar-refractivity contribution in [2.24, 2.45) is 11.8 Å². The van der Waals surface area contributed by atoms with Gasteiger partial charge in [-0.3, -0.25) is 0 Å². The molecule has 1 aliphatic carbocycles. The second-order valence-electron chi connectivity index (χ2n) is 9.21. The van der Waals surface area contributed by atoms with E-state index in [9.17, 15) is 8.42 Å². The van der Waals surface area contributed by atoms with Crippen LogP contribution in [0, 0.1) is 11.8 Å². The summed E-state index contributed by atoms with van der Waals surface area (Å²) in [5, 5.41) is 0.785. The van der Waals surface area contributed by atoms with Crippen LogP contribution in [0.4, 0.5) is 0 Å². The second-order valence-corrected chi connectivity index (χ2v) is 11.5. The SMILES string of the molecule is CC1(C)c2ccccc2S(=O)(=O)N1CCN1C[C@H]2C[C@H](c3ccc(Cl)cc3)[C@H]2C1. The van der Waals surface area contributed by atoms with Crippen LogP contribution in [0.15, 0.2) is 53.4 Å². The van der Waals surface area contributed by atoms with Gasteiger partial charge in [0.1, 0.15) is 0 Å². The summed E-state index contributed by atoms with van der Waals surface area (Å²) < 4.78 is 27.9. The molecule has 3 aliphatic rings. The molecule has 2 aromatic carbocycles. The average molecular weight is 431 g/mol. The lowest BCUT2D eigenvalue weighted by Crippen LogP contribution is -2.43. The second kappa shape index (κ2) is 6.81. The van der Waals surface area contributed by atoms with Gasteiger partial charge in [0.15, 0.2) is 0 Å². The Morgan fingerprint density at radius 2 is 1.76 bits per heavy atom. The molecule has 2 aliphatic heterocycles. The minimum atomic E-state index is -3.42. The molecule has 0 unspecified atom stereocenters. The van der Waals surface area contributed by atoms with E-state index in [2.05, 4.69) is 17.0 Å². The van der Waals surface area contributed by atoms with E-state index in [4.69, 9.17) is 11.6 Å². The van der Waals surface area contributed by atoms with Crippen molar-refractivity contribution in [1.82, 2.24) is 9.21 Å². The summed E-state index contributed by atoms with van der Waals surface area (Å²) >= 11 is 6.03. The third-order valence-electron chi connectivity index (χ3n) is 7.30. The molecule has 0 N–H and O–H groups in total. The Kier molecular flexibility index (Phi) is 4.59. The van der Waals surface area contributed by atoms with Crippen molar-refractivity contribution in [2.75, 3.05) is 26.2 Å². The van der Waals surface area contributed by atoms with Gasteiger partial charge in [-0.15, -0.1) is 0 Å². The zero-order valence-corrected chi connectivity index (χ0v) is 18.5. The molecule has 5 rings (SSSR count). The predicted octanol–water partition coefficient (Wildman–Crippen LogP) is 4.31. The summed E-state index contributed by atoms with van der Waals surface area (Å²) in [6.07, 6.45) is 1.22. The minimum absolute atomic E-state index is 0.467. The van der Waals surface area contributed by atoms with Gasteiger partial charge in [-0.2, -0.15) is 4.31 Å². The van der Waals surface area contributed by atoms with Gasteiger partial charge in [0.05, 0.1) is 10.4 Å². The number of fused-ring (bicyclic) bond motifs is 2. The third-order valence-corrected chi connectivity index (χ3v) is 9.68. The van der Waals surface area contributed by atoms with Gasteiger partial charge in [0.2, 0.25) is 10.0 Å². The molecule has 0 spiro atoms. The van der Waals surface area contributed by atoms with E-state index in [1.165, 1.54) is 12.0 Å². The van der Waals surface area contributed by atoms with Crippen molar-refractivity contribution in [3.05, 3.63) is 64.7 Å². The predicted molar refractivity (Wildman–Crippen MR) is 116 cm³/mol. The fourth-order valence-electron chi connectivity index (χ4n) is 5.66. The Balaban J connectivity index is 1.26. The van der Waals surface area contributed by atoms with Gasteiger partial charge in [-0.1, -0.05) is 41.9 Å². The monoisotopic (exact) mass is 430 g/mol. The van der Waals surface area contributed by atoms with Crippen LogP contribution in [-0.2, 0) is 15.6 Å². The Labute approximate surface area is 178 Å². The molecular weight excluding hydrogens is 404 g/mol. The fourth-order valence-corrected chi connectivity index (χ4v) is 7.89. The number of sulfonamides is 1. The Hall–Kier alpha value is -1.40. The molecule has 0 amide bonds. The molecular formula is C23H27ClN2O2S. The number of nitrogens with zero attached hydrogens (tertiary/aromatic N) is 2. The summed E-state index contributed by atoms with van der Waals surface area (Å²) in [5.74, 6) is 2.02. The number of halogens is 1. The summed E-state index contributed by atoms with van der Waals surface area (Å²) in [5.41, 5.74) is 1.79. The van der Waals surface area contributed by atoms with Crippen LogP contribution in [0.25, 0.3) is 0 Å². The van der Waals surface area contributed by atoms with Crippen molar-refractivity contribution in [2.45, 2.75) is 36.6 Å². The number of rotatable bonds is 4. The Morgan fingerprint density at radius 1 is 1.03 bits per heavy atom. The number of hydrogen-bond donors (Lipinski definition) is 0. The van der Waals surface area contributed by atoms with Crippen LogP contribution in [-0.4, -0.2) is 43.8 Å². The van der Waals surface area contributed by atoms with Gasteiger partial charge in [-0.05, 0) is 67.3 Å². The molecule has 2 aromatic rings. The molecule has 2 fully saturated rings. The maximum absolute atomic E-state index is 13.1. The lowest BCUT2D eigenvalue weighted by atomic mass is 9.64. The van der Waals surface area contributed by atoms with E-state index in [0.29, 0.717) is 23.3 Å². The first-order valence-corrected chi connectivity index (χ1v) is 12.2. The number of hydrogen-bond acceptors (Lipinski definition) is 3. The normalized spacial score (nSPS) is 30.0. The van der Waals surface area contributed by atoms with Crippen LogP contribution in [0.1, 0.15) is 37.3 Å². The first kappa shape index (κ1) is 19.6. The average Bonchev–Trinajstić information content (AvgIpc) is 3.06. The zero-order chi connectivity index (χ0) is 20.4. The van der Waals surface area contributed by atoms with Crippen molar-refractivity contribution in [3.8, 4) is 0 Å². The first-order valence-electron chi connectivity index (χ1n) is 10.4. The maximum atomic E-state index is 13.1. The third kappa shape index (κ3) is 3.05. The quantitative estimate of drug-likeness (QED) is 0.725. The lowest BCUT2D eigenvalue weighted by Gasteiger charge is -2.40. The zero-order valence-electron chi connectivity index (χ0n) is 16.9. The highest BCUT2D eigenvalue weighted by atomic mass is 35.5. The highest BCUT2D eigenvalue weighted by Crippen LogP contribution is 2.51. The molecule has 3 atom stereocenters. The van der Waals surface area contributed by atoms with E-state index < -0.39 is 15.6 Å². The highest BCUT2D eigenvalue weighted by molar-refractivity contribution is 7.89. The van der Waals surface area contributed by atoms with Crippen LogP contribution in [0.5, 0.6) is 0 Å². The van der Waals surface area contributed by atoms with Gasteiger partial charge >= 0.3 is 0 Å². The summed E-state index contributed by atoms with van der Waals surface area (Å²) in [6, 6.07) is 15.7. The Bertz CT molecular complexity index is 1040. The molecule has 6 heteroatoms. The van der Waals surface area contributed by atoms with E-state index in [0.717, 1.165) is 36.1 Å². The summed E-state index contributed by atoms with van der Waals surface area (Å²) in [7, 11) is -3.42. The van der Waals surface area contributed by atoms with Gasteiger partial charge in [0, 0.05) is 31.2 Å². The summed E-state index contributed by atoms with van der Waals surface area (Å²) in [6.45, 7) is 7.49. The highest BCUT2D eigenvalue weighted by Gasteiger charge is 2.50.